The highest BCUT2D eigenvalue weighted by Gasteiger charge is 2.31. The number of ether oxygens (including phenoxy) is 1. The molecule has 3 amide bonds. The van der Waals surface area contributed by atoms with Crippen LogP contribution in [-0.4, -0.2) is 22.9 Å². The largest absolute Gasteiger partial charge is 0.440 e. The molecule has 3 rings (SSSR count). The van der Waals surface area contributed by atoms with Gasteiger partial charge in [0, 0.05) is 18.4 Å². The molecule has 1 atom stereocenters. The minimum Gasteiger partial charge on any atom is -0.440 e. The van der Waals surface area contributed by atoms with E-state index in [1.807, 2.05) is 42.5 Å². The Morgan fingerprint density at radius 3 is 2.48 bits per heavy atom. The summed E-state index contributed by atoms with van der Waals surface area (Å²) in [6.45, 7) is 1.75. The van der Waals surface area contributed by atoms with E-state index in [0.29, 0.717) is 0 Å². The van der Waals surface area contributed by atoms with Crippen molar-refractivity contribution in [1.82, 2.24) is 10.4 Å². The van der Waals surface area contributed by atoms with E-state index in [9.17, 15) is 14.4 Å². The van der Waals surface area contributed by atoms with Crippen LogP contribution in [0.5, 0.6) is 0 Å². The molecule has 1 saturated heterocycles. The molecule has 1 N–H and O–H groups in total. The van der Waals surface area contributed by atoms with E-state index >= 15 is 0 Å². The lowest BCUT2D eigenvalue weighted by molar-refractivity contribution is -0.141. The standard InChI is InChI=1S/C17H16N2O4/c1-11(13-8-4-6-12-5-2-3-7-14(12)13)23-17(22)18-19-15(20)9-10-16(19)21/h2-8,11H,9-10H2,1H3,(H,18,22)/t11-/m1/s1. The fourth-order valence-corrected chi connectivity index (χ4v) is 2.65. The average Bonchev–Trinajstić information content (AvgIpc) is 2.86. The van der Waals surface area contributed by atoms with Gasteiger partial charge in [0.1, 0.15) is 6.10 Å². The average molecular weight is 312 g/mol. The predicted octanol–water partition coefficient (Wildman–Crippen LogP) is 2.69. The second-order valence-electron chi connectivity index (χ2n) is 5.35. The first-order valence-corrected chi connectivity index (χ1v) is 7.37. The maximum atomic E-state index is 11.9. The molecule has 118 valence electrons. The van der Waals surface area contributed by atoms with Crippen LogP contribution in [0.25, 0.3) is 10.8 Å². The number of carbonyl (C=O) groups is 3. The highest BCUT2D eigenvalue weighted by Crippen LogP contribution is 2.26. The fourth-order valence-electron chi connectivity index (χ4n) is 2.65. The van der Waals surface area contributed by atoms with Crippen LogP contribution in [0.3, 0.4) is 0 Å². The highest BCUT2D eigenvalue weighted by atomic mass is 16.6. The summed E-state index contributed by atoms with van der Waals surface area (Å²) in [5, 5.41) is 2.76. The van der Waals surface area contributed by atoms with Crippen LogP contribution in [0.4, 0.5) is 4.79 Å². The van der Waals surface area contributed by atoms with Crippen LogP contribution >= 0.6 is 0 Å². The van der Waals surface area contributed by atoms with Gasteiger partial charge in [0.15, 0.2) is 0 Å². The van der Waals surface area contributed by atoms with E-state index in [1.165, 1.54) is 0 Å². The second kappa shape index (κ2) is 6.08. The number of hydrazine groups is 1. The molecule has 1 heterocycles. The van der Waals surface area contributed by atoms with Crippen LogP contribution in [0, 0.1) is 0 Å². The summed E-state index contributed by atoms with van der Waals surface area (Å²) < 4.78 is 5.31. The first-order chi connectivity index (χ1) is 11.1. The minimum atomic E-state index is -0.825. The zero-order chi connectivity index (χ0) is 16.4. The summed E-state index contributed by atoms with van der Waals surface area (Å²) in [6, 6.07) is 13.5. The Kier molecular flexibility index (Phi) is 3.97. The molecule has 1 fully saturated rings. The second-order valence-corrected chi connectivity index (χ2v) is 5.35. The molecule has 0 unspecified atom stereocenters. The molecule has 0 saturated carbocycles. The third-order valence-electron chi connectivity index (χ3n) is 3.80. The van der Waals surface area contributed by atoms with E-state index < -0.39 is 24.0 Å². The fraction of sp³-hybridized carbons (Fsp3) is 0.235. The summed E-state index contributed by atoms with van der Waals surface area (Å²) in [5.41, 5.74) is 3.06. The van der Waals surface area contributed by atoms with Crippen LogP contribution in [-0.2, 0) is 14.3 Å². The first-order valence-electron chi connectivity index (χ1n) is 7.37. The Balaban J connectivity index is 1.73. The van der Waals surface area contributed by atoms with Gasteiger partial charge >= 0.3 is 6.09 Å². The Bertz CT molecular complexity index is 766. The van der Waals surface area contributed by atoms with Crippen molar-refractivity contribution in [3.63, 3.8) is 0 Å². The van der Waals surface area contributed by atoms with E-state index in [4.69, 9.17) is 4.74 Å². The van der Waals surface area contributed by atoms with Gasteiger partial charge in [-0.25, -0.2) is 10.2 Å². The van der Waals surface area contributed by atoms with Crippen molar-refractivity contribution < 1.29 is 19.1 Å². The zero-order valence-corrected chi connectivity index (χ0v) is 12.6. The van der Waals surface area contributed by atoms with Crippen molar-refractivity contribution >= 4 is 28.7 Å². The van der Waals surface area contributed by atoms with Gasteiger partial charge in [-0.3, -0.25) is 9.59 Å². The molecular weight excluding hydrogens is 296 g/mol. The smallest absolute Gasteiger partial charge is 0.427 e. The summed E-state index contributed by atoms with van der Waals surface area (Å²) in [5.74, 6) is -0.852. The van der Waals surface area contributed by atoms with Gasteiger partial charge in [0.2, 0.25) is 11.8 Å². The number of hydrogen-bond acceptors (Lipinski definition) is 4. The lowest BCUT2D eigenvalue weighted by Crippen LogP contribution is -2.45. The van der Waals surface area contributed by atoms with Crippen molar-refractivity contribution in [2.45, 2.75) is 25.9 Å². The first kappa shape index (κ1) is 15.0. The Morgan fingerprint density at radius 1 is 1.09 bits per heavy atom. The molecule has 2 aromatic rings. The predicted molar refractivity (Wildman–Crippen MR) is 83.1 cm³/mol. The van der Waals surface area contributed by atoms with Crippen molar-refractivity contribution in [3.05, 3.63) is 48.0 Å². The Morgan fingerprint density at radius 2 is 1.74 bits per heavy atom. The quantitative estimate of drug-likeness (QED) is 0.884. The molecule has 2 aromatic carbocycles. The number of fused-ring (bicyclic) bond motifs is 1. The lowest BCUT2D eigenvalue weighted by atomic mass is 10.0. The molecule has 23 heavy (non-hydrogen) atoms. The number of rotatable bonds is 3. The van der Waals surface area contributed by atoms with Crippen molar-refractivity contribution in [3.8, 4) is 0 Å². The van der Waals surface area contributed by atoms with Crippen LogP contribution < -0.4 is 5.43 Å². The van der Waals surface area contributed by atoms with Crippen molar-refractivity contribution in [2.75, 3.05) is 0 Å². The Hall–Kier alpha value is -2.89. The zero-order valence-electron chi connectivity index (χ0n) is 12.6. The highest BCUT2D eigenvalue weighted by molar-refractivity contribution is 6.02. The minimum absolute atomic E-state index is 0.109. The molecule has 0 aromatic heterocycles. The molecule has 0 radical (unpaired) electrons. The third kappa shape index (κ3) is 3.01. The number of hydrogen-bond donors (Lipinski definition) is 1. The van der Waals surface area contributed by atoms with Crippen LogP contribution in [0.2, 0.25) is 0 Å². The molecule has 6 nitrogen and oxygen atoms in total. The topological polar surface area (TPSA) is 75.7 Å². The number of nitrogens with zero attached hydrogens (tertiary/aromatic N) is 1. The van der Waals surface area contributed by atoms with Gasteiger partial charge in [0.25, 0.3) is 0 Å². The summed E-state index contributed by atoms with van der Waals surface area (Å²) >= 11 is 0. The van der Waals surface area contributed by atoms with Gasteiger partial charge in [-0.1, -0.05) is 42.5 Å². The molecule has 0 spiro atoms. The van der Waals surface area contributed by atoms with Gasteiger partial charge in [-0.15, -0.1) is 0 Å². The van der Waals surface area contributed by atoms with Crippen molar-refractivity contribution in [2.24, 2.45) is 0 Å². The third-order valence-corrected chi connectivity index (χ3v) is 3.80. The number of nitrogens with one attached hydrogen (secondary N) is 1. The van der Waals surface area contributed by atoms with E-state index in [1.54, 1.807) is 6.92 Å². The number of imide groups is 1. The number of amides is 3. The number of carbonyl (C=O) groups excluding carboxylic acids is 3. The SMILES string of the molecule is C[C@@H](OC(=O)NN1C(=O)CCC1=O)c1cccc2ccccc12. The maximum absolute atomic E-state index is 11.9. The molecule has 0 bridgehead atoms. The lowest BCUT2D eigenvalue weighted by Gasteiger charge is -2.19. The normalized spacial score (nSPS) is 15.8. The van der Waals surface area contributed by atoms with Gasteiger partial charge < -0.3 is 4.74 Å². The van der Waals surface area contributed by atoms with Gasteiger partial charge in [0.05, 0.1) is 0 Å². The molecule has 0 aliphatic carbocycles. The van der Waals surface area contributed by atoms with E-state index in [-0.39, 0.29) is 12.8 Å². The van der Waals surface area contributed by atoms with Gasteiger partial charge in [-0.2, -0.15) is 5.01 Å². The van der Waals surface area contributed by atoms with Crippen LogP contribution in [0.15, 0.2) is 42.5 Å². The Labute approximate surface area is 133 Å². The molecular formula is C17H16N2O4. The maximum Gasteiger partial charge on any atom is 0.427 e. The van der Waals surface area contributed by atoms with E-state index in [0.717, 1.165) is 21.3 Å². The van der Waals surface area contributed by atoms with E-state index in [2.05, 4.69) is 5.43 Å². The summed E-state index contributed by atoms with van der Waals surface area (Å²) in [7, 11) is 0. The van der Waals surface area contributed by atoms with Crippen LogP contribution in [0.1, 0.15) is 31.4 Å². The monoisotopic (exact) mass is 312 g/mol. The summed E-state index contributed by atoms with van der Waals surface area (Å²) in [6.07, 6.45) is -1.13. The van der Waals surface area contributed by atoms with Crippen molar-refractivity contribution in [1.29, 1.82) is 0 Å². The van der Waals surface area contributed by atoms with Gasteiger partial charge in [-0.05, 0) is 17.7 Å². The molecule has 1 aliphatic rings. The molecule has 6 heteroatoms. The number of benzene rings is 2. The molecule has 1 aliphatic heterocycles. The summed E-state index contributed by atoms with van der Waals surface area (Å²) in [4.78, 5) is 34.9.